The molecule has 0 aromatic heterocycles. The van der Waals surface area contributed by atoms with E-state index in [2.05, 4.69) is 17.1 Å². The maximum Gasteiger partial charge on any atom is 0.337 e. The second kappa shape index (κ2) is 5.89. The molecule has 1 atom stereocenters. The summed E-state index contributed by atoms with van der Waals surface area (Å²) in [6.07, 6.45) is 0. The number of carbonyl (C=O) groups is 1. The van der Waals surface area contributed by atoms with Gasteiger partial charge in [-0.1, -0.05) is 11.6 Å². The van der Waals surface area contributed by atoms with Crippen LogP contribution < -0.4 is 5.32 Å². The van der Waals surface area contributed by atoms with Crippen molar-refractivity contribution in [3.63, 3.8) is 0 Å². The third-order valence-corrected chi connectivity index (χ3v) is 2.92. The van der Waals surface area contributed by atoms with E-state index < -0.39 is 5.97 Å². The number of anilines is 1. The second-order valence-electron chi connectivity index (χ2n) is 4.19. The minimum atomic E-state index is -0.957. The zero-order valence-electron chi connectivity index (χ0n) is 10.2. The molecule has 0 spiro atoms. The van der Waals surface area contributed by atoms with Gasteiger partial charge in [-0.25, -0.2) is 4.79 Å². The molecule has 0 radical (unpaired) electrons. The van der Waals surface area contributed by atoms with Crippen molar-refractivity contribution in [1.82, 2.24) is 4.90 Å². The Labute approximate surface area is 106 Å². The van der Waals surface area contributed by atoms with Crippen molar-refractivity contribution in [2.75, 3.05) is 26.0 Å². The van der Waals surface area contributed by atoms with Crippen LogP contribution in [0.4, 0.5) is 5.69 Å². The van der Waals surface area contributed by atoms with Crippen LogP contribution in [0.2, 0.25) is 5.02 Å². The number of nitrogens with zero attached hydrogens (tertiary/aromatic N) is 1. The van der Waals surface area contributed by atoms with Gasteiger partial charge in [0.25, 0.3) is 0 Å². The molecule has 4 nitrogen and oxygen atoms in total. The number of rotatable bonds is 5. The largest absolute Gasteiger partial charge is 0.478 e. The molecule has 0 amide bonds. The molecule has 0 saturated heterocycles. The molecule has 1 rings (SSSR count). The molecule has 0 saturated carbocycles. The van der Waals surface area contributed by atoms with Gasteiger partial charge in [-0.2, -0.15) is 0 Å². The number of nitrogens with one attached hydrogen (secondary N) is 1. The fourth-order valence-electron chi connectivity index (χ4n) is 1.29. The SMILES string of the molecule is CC(CNc1cc(Cl)ccc1C(=O)O)N(C)C. The highest BCUT2D eigenvalue weighted by Crippen LogP contribution is 2.21. The second-order valence-corrected chi connectivity index (χ2v) is 4.63. The molecule has 1 unspecified atom stereocenters. The van der Waals surface area contributed by atoms with E-state index in [1.807, 2.05) is 14.1 Å². The van der Waals surface area contributed by atoms with Crippen LogP contribution in [-0.2, 0) is 0 Å². The Balaban J connectivity index is 2.82. The number of halogens is 1. The molecule has 1 aromatic carbocycles. The maximum absolute atomic E-state index is 11.0. The van der Waals surface area contributed by atoms with E-state index in [0.717, 1.165) is 0 Å². The maximum atomic E-state index is 11.0. The summed E-state index contributed by atoms with van der Waals surface area (Å²) in [5.74, 6) is -0.957. The highest BCUT2D eigenvalue weighted by molar-refractivity contribution is 6.31. The Morgan fingerprint density at radius 1 is 1.53 bits per heavy atom. The summed E-state index contributed by atoms with van der Waals surface area (Å²) in [6.45, 7) is 2.71. The molecule has 0 bridgehead atoms. The van der Waals surface area contributed by atoms with Crippen LogP contribution in [0.15, 0.2) is 18.2 Å². The molecule has 0 aliphatic heterocycles. The van der Waals surface area contributed by atoms with Gasteiger partial charge in [0, 0.05) is 17.6 Å². The first-order valence-corrected chi connectivity index (χ1v) is 5.72. The van der Waals surface area contributed by atoms with Crippen LogP contribution in [0.25, 0.3) is 0 Å². The Morgan fingerprint density at radius 2 is 2.18 bits per heavy atom. The van der Waals surface area contributed by atoms with Crippen molar-refractivity contribution < 1.29 is 9.90 Å². The predicted molar refractivity (Wildman–Crippen MR) is 70.1 cm³/mol. The molecule has 94 valence electrons. The Bertz CT molecular complexity index is 407. The third-order valence-electron chi connectivity index (χ3n) is 2.68. The first-order chi connectivity index (χ1) is 7.91. The van der Waals surface area contributed by atoms with Gasteiger partial charge in [0.05, 0.1) is 11.3 Å². The number of hydrogen-bond acceptors (Lipinski definition) is 3. The molecule has 2 N–H and O–H groups in total. The van der Waals surface area contributed by atoms with Crippen molar-refractivity contribution in [3.05, 3.63) is 28.8 Å². The van der Waals surface area contributed by atoms with E-state index in [1.54, 1.807) is 12.1 Å². The number of carboxylic acid groups (broad SMARTS) is 1. The fourth-order valence-corrected chi connectivity index (χ4v) is 1.46. The average Bonchev–Trinajstić information content (AvgIpc) is 2.25. The first kappa shape index (κ1) is 13.8. The van der Waals surface area contributed by atoms with Gasteiger partial charge in [0.1, 0.15) is 0 Å². The van der Waals surface area contributed by atoms with E-state index in [-0.39, 0.29) is 5.56 Å². The number of benzene rings is 1. The molecule has 0 aliphatic carbocycles. The van der Waals surface area contributed by atoms with Crippen LogP contribution >= 0.6 is 11.6 Å². The molecule has 17 heavy (non-hydrogen) atoms. The van der Waals surface area contributed by atoms with Gasteiger partial charge in [-0.3, -0.25) is 0 Å². The standard InChI is InChI=1S/C12H17ClN2O2/c1-8(15(2)3)7-14-11-6-9(13)4-5-10(11)12(16)17/h4-6,8,14H,7H2,1-3H3,(H,16,17). The van der Waals surface area contributed by atoms with Gasteiger partial charge in [0.15, 0.2) is 0 Å². The van der Waals surface area contributed by atoms with Crippen molar-refractivity contribution in [3.8, 4) is 0 Å². The molecular formula is C12H17ClN2O2. The fraction of sp³-hybridized carbons (Fsp3) is 0.417. The van der Waals surface area contributed by atoms with Crippen LogP contribution in [-0.4, -0.2) is 42.7 Å². The highest BCUT2D eigenvalue weighted by Gasteiger charge is 2.11. The molecular weight excluding hydrogens is 240 g/mol. The number of aromatic carboxylic acids is 1. The van der Waals surface area contributed by atoms with Crippen LogP contribution in [0, 0.1) is 0 Å². The normalized spacial score (nSPS) is 12.5. The number of carboxylic acids is 1. The van der Waals surface area contributed by atoms with E-state index in [0.29, 0.717) is 23.3 Å². The lowest BCUT2D eigenvalue weighted by Crippen LogP contribution is -2.31. The molecule has 0 fully saturated rings. The number of hydrogen-bond donors (Lipinski definition) is 2. The van der Waals surface area contributed by atoms with Crippen molar-refractivity contribution >= 4 is 23.3 Å². The minimum absolute atomic E-state index is 0.236. The first-order valence-electron chi connectivity index (χ1n) is 5.35. The Hall–Kier alpha value is -1.26. The monoisotopic (exact) mass is 256 g/mol. The summed E-state index contributed by atoms with van der Waals surface area (Å²) in [6, 6.07) is 5.02. The summed E-state index contributed by atoms with van der Waals surface area (Å²) in [4.78, 5) is 13.1. The average molecular weight is 257 g/mol. The van der Waals surface area contributed by atoms with Gasteiger partial charge in [0.2, 0.25) is 0 Å². The van der Waals surface area contributed by atoms with E-state index in [4.69, 9.17) is 16.7 Å². The van der Waals surface area contributed by atoms with Gasteiger partial charge in [-0.05, 0) is 39.2 Å². The van der Waals surface area contributed by atoms with Crippen LogP contribution in [0.5, 0.6) is 0 Å². The smallest absolute Gasteiger partial charge is 0.337 e. The lowest BCUT2D eigenvalue weighted by molar-refractivity contribution is 0.0698. The molecule has 1 aromatic rings. The highest BCUT2D eigenvalue weighted by atomic mass is 35.5. The summed E-state index contributed by atoms with van der Waals surface area (Å²) in [5, 5.41) is 12.7. The summed E-state index contributed by atoms with van der Waals surface area (Å²) in [5.41, 5.74) is 0.791. The topological polar surface area (TPSA) is 52.6 Å². The van der Waals surface area contributed by atoms with Gasteiger partial charge in [-0.15, -0.1) is 0 Å². The number of likely N-dealkylation sites (N-methyl/N-ethyl adjacent to an activating group) is 1. The quantitative estimate of drug-likeness (QED) is 0.850. The predicted octanol–water partition coefficient (Wildman–Crippen LogP) is 2.40. The van der Waals surface area contributed by atoms with Gasteiger partial charge < -0.3 is 15.3 Å². The Morgan fingerprint density at radius 3 is 2.71 bits per heavy atom. The molecule has 0 aliphatic rings. The molecule has 5 heteroatoms. The molecule has 0 heterocycles. The van der Waals surface area contributed by atoms with Crippen molar-refractivity contribution in [1.29, 1.82) is 0 Å². The van der Waals surface area contributed by atoms with E-state index in [1.165, 1.54) is 6.07 Å². The zero-order valence-corrected chi connectivity index (χ0v) is 11.0. The van der Waals surface area contributed by atoms with Crippen LogP contribution in [0.1, 0.15) is 17.3 Å². The summed E-state index contributed by atoms with van der Waals surface area (Å²) >= 11 is 5.86. The van der Waals surface area contributed by atoms with Crippen molar-refractivity contribution in [2.24, 2.45) is 0 Å². The third kappa shape index (κ3) is 3.91. The zero-order chi connectivity index (χ0) is 13.0. The Kier molecular flexibility index (Phi) is 4.78. The van der Waals surface area contributed by atoms with Gasteiger partial charge >= 0.3 is 5.97 Å². The lowest BCUT2D eigenvalue weighted by Gasteiger charge is -2.21. The van der Waals surface area contributed by atoms with E-state index in [9.17, 15) is 4.79 Å². The van der Waals surface area contributed by atoms with Crippen molar-refractivity contribution in [2.45, 2.75) is 13.0 Å². The summed E-state index contributed by atoms with van der Waals surface area (Å²) < 4.78 is 0. The van der Waals surface area contributed by atoms with Crippen LogP contribution in [0.3, 0.4) is 0 Å². The van der Waals surface area contributed by atoms with E-state index >= 15 is 0 Å². The lowest BCUT2D eigenvalue weighted by atomic mass is 10.1. The minimum Gasteiger partial charge on any atom is -0.478 e. The summed E-state index contributed by atoms with van der Waals surface area (Å²) in [7, 11) is 3.95.